The highest BCUT2D eigenvalue weighted by Crippen LogP contribution is 2.68. The molecule has 1 amide bonds. The minimum atomic E-state index is -5.19. The molecule has 5 aromatic rings. The van der Waals surface area contributed by atoms with E-state index < -0.39 is 126 Å². The fraction of sp³-hybridized carbons (Fsp3) is 0.385. The van der Waals surface area contributed by atoms with Crippen molar-refractivity contribution in [3.8, 4) is 23.0 Å². The first-order chi connectivity index (χ1) is 29.3. The Balaban J connectivity index is 0.00000700. The third kappa shape index (κ3) is 10.0. The molecule has 0 unspecified atom stereocenters. The van der Waals surface area contributed by atoms with Crippen molar-refractivity contribution in [1.29, 1.82) is 0 Å². The number of carbonyl (C=O) groups is 1. The number of sulfone groups is 1. The third-order valence-electron chi connectivity index (χ3n) is 10.6. The van der Waals surface area contributed by atoms with Crippen LogP contribution in [-0.4, -0.2) is 70.7 Å². The van der Waals surface area contributed by atoms with E-state index in [4.69, 9.17) is 11.6 Å². The molecule has 1 saturated carbocycles. The van der Waals surface area contributed by atoms with E-state index in [0.29, 0.717) is 17.0 Å². The maximum atomic E-state index is 15.5. The third-order valence-corrected chi connectivity index (χ3v) is 13.4. The molecule has 2 aliphatic carbocycles. The number of halogens is 12. The average molecular weight is 1000 g/mol. The molecule has 7 rings (SSSR count). The fourth-order valence-corrected chi connectivity index (χ4v) is 8.50. The lowest BCUT2D eigenvalue weighted by Crippen LogP contribution is -2.35. The molecule has 0 aliphatic heterocycles. The Hall–Kier alpha value is -5.12. The highest BCUT2D eigenvalue weighted by Gasteiger charge is 2.68. The molecule has 3 atom stereocenters. The van der Waals surface area contributed by atoms with E-state index in [0.717, 1.165) is 24.5 Å². The molecule has 12 nitrogen and oxygen atoms in total. The van der Waals surface area contributed by atoms with Gasteiger partial charge in [0, 0.05) is 34.9 Å². The number of alkyl halides is 8. The topological polar surface area (TPSA) is 158 Å². The molecule has 3 heterocycles. The van der Waals surface area contributed by atoms with E-state index in [1.807, 2.05) is 4.72 Å². The number of aromatic nitrogens is 5. The number of nitrogens with one attached hydrogen (secondary N) is 2. The number of hydrogen-bond donors (Lipinski definition) is 2. The fourth-order valence-electron chi connectivity index (χ4n) is 7.52. The van der Waals surface area contributed by atoms with Gasteiger partial charge in [-0.3, -0.25) is 18.9 Å². The van der Waals surface area contributed by atoms with Crippen LogP contribution in [0.4, 0.5) is 49.7 Å². The molecule has 1 fully saturated rings. The van der Waals surface area contributed by atoms with Gasteiger partial charge in [-0.2, -0.15) is 45.3 Å². The Morgan fingerprint density at radius 2 is 1.58 bits per heavy atom. The molecular weight excluding hydrogens is 971 g/mol. The number of fused-ring (bicyclic) bond motifs is 4. The Morgan fingerprint density at radius 3 is 2.17 bits per heavy atom. The zero-order chi connectivity index (χ0) is 47.3. The summed E-state index contributed by atoms with van der Waals surface area (Å²) in [6.07, 6.45) is -9.46. The second kappa shape index (κ2) is 16.6. The molecule has 2 aliphatic rings. The van der Waals surface area contributed by atoms with Crippen LogP contribution in [0.15, 0.2) is 42.5 Å². The monoisotopic (exact) mass is 1000 g/mol. The second-order valence-electron chi connectivity index (χ2n) is 15.9. The summed E-state index contributed by atoms with van der Waals surface area (Å²) in [5.74, 6) is -5.43. The van der Waals surface area contributed by atoms with Crippen LogP contribution in [0.3, 0.4) is 0 Å². The molecule has 350 valence electrons. The second-order valence-corrected chi connectivity index (χ2v) is 20.6. The molecular formula is C39H33Cl2F10N7O5S2. The van der Waals surface area contributed by atoms with Gasteiger partial charge in [0.05, 0.1) is 33.9 Å². The van der Waals surface area contributed by atoms with Crippen molar-refractivity contribution in [3.63, 3.8) is 0 Å². The summed E-state index contributed by atoms with van der Waals surface area (Å²) < 4.78 is 195. The molecule has 0 saturated heterocycles. The van der Waals surface area contributed by atoms with Crippen molar-refractivity contribution in [2.45, 2.75) is 74.8 Å². The van der Waals surface area contributed by atoms with E-state index in [-0.39, 0.29) is 62.0 Å². The first-order valence-electron chi connectivity index (χ1n) is 18.6. The predicted octanol–water partition coefficient (Wildman–Crippen LogP) is 8.08. The van der Waals surface area contributed by atoms with Gasteiger partial charge in [0.2, 0.25) is 15.9 Å². The van der Waals surface area contributed by atoms with Gasteiger partial charge >= 0.3 is 12.4 Å². The number of carbonyl (C=O) groups excluding carboxylic acids is 1. The summed E-state index contributed by atoms with van der Waals surface area (Å²) in [4.78, 5) is 18.5. The summed E-state index contributed by atoms with van der Waals surface area (Å²) in [7, 11) is -8.06. The largest absolute Gasteiger partial charge is 0.435 e. The van der Waals surface area contributed by atoms with Crippen LogP contribution in [0.1, 0.15) is 66.1 Å². The van der Waals surface area contributed by atoms with Gasteiger partial charge in [0.25, 0.3) is 5.92 Å². The number of pyridine rings is 1. The Morgan fingerprint density at radius 1 is 0.954 bits per heavy atom. The highest BCUT2D eigenvalue weighted by molar-refractivity contribution is 7.92. The van der Waals surface area contributed by atoms with Gasteiger partial charge in [0.1, 0.15) is 40.9 Å². The summed E-state index contributed by atoms with van der Waals surface area (Å²) in [5, 5.41) is 9.01. The first-order valence-corrected chi connectivity index (χ1v) is 22.8. The maximum Gasteiger partial charge on any atom is 0.435 e. The predicted molar refractivity (Wildman–Crippen MR) is 218 cm³/mol. The van der Waals surface area contributed by atoms with E-state index in [9.17, 15) is 56.8 Å². The molecule has 65 heavy (non-hydrogen) atoms. The number of nitrogens with zero attached hydrogens (tertiary/aromatic N) is 5. The first kappa shape index (κ1) is 49.3. The van der Waals surface area contributed by atoms with Crippen LogP contribution in [0, 0.1) is 29.4 Å². The van der Waals surface area contributed by atoms with E-state index in [2.05, 4.69) is 32.3 Å². The van der Waals surface area contributed by atoms with Crippen molar-refractivity contribution in [3.05, 3.63) is 93.0 Å². The van der Waals surface area contributed by atoms with Gasteiger partial charge in [-0.25, -0.2) is 30.6 Å². The SMILES string of the molecule is CC(C)(C#Cc1ccc(-c2ccc(Cl)c3c(NS(C)(=O)=O)nn(CC(F)(F)F)c23)c([C@H](Cc2cc(F)cc(F)c2)NC(=O)Cn2nc(C(F)(F)F)c3c2C(F)(F)[C@@H]2C[C@H]32)n1)S(C)(=O)=O.Cl. The standard InChI is InChI=1S/C39H32ClF10N7O5S2.ClH/c1-36(2,63(3,59)60)10-9-21-5-6-22(23-7-8-26(40)30-32(23)57(17-37(43,44)45)54-35(30)55-64(4,61)62)31(51-21)27(13-18-11-19(41)14-20(42)12-18)52-28(58)16-56-34-29(33(53-56)39(48,49)50)24-15-25(24)38(34,46)47;/h5-8,11-12,14,24-25,27H,13,15-17H2,1-4H3,(H,52,58)(H,54,55);1H/t24-,25+,27-;/m0./s1. The van der Waals surface area contributed by atoms with Gasteiger partial charge in [-0.15, -0.1) is 12.4 Å². The summed E-state index contributed by atoms with van der Waals surface area (Å²) in [6.45, 7) is -0.547. The van der Waals surface area contributed by atoms with Crippen molar-refractivity contribution in [1.82, 2.24) is 29.9 Å². The molecule has 3 aromatic heterocycles. The van der Waals surface area contributed by atoms with Crippen LogP contribution in [0.5, 0.6) is 0 Å². The van der Waals surface area contributed by atoms with Gasteiger partial charge in [-0.1, -0.05) is 23.6 Å². The number of benzene rings is 2. The van der Waals surface area contributed by atoms with Crippen molar-refractivity contribution in [2.75, 3.05) is 17.2 Å². The number of anilines is 1. The number of sulfonamides is 1. The van der Waals surface area contributed by atoms with Gasteiger partial charge < -0.3 is 5.32 Å². The van der Waals surface area contributed by atoms with Crippen molar-refractivity contribution < 1.29 is 65.5 Å². The number of hydrogen-bond acceptors (Lipinski definition) is 8. The summed E-state index contributed by atoms with van der Waals surface area (Å²) >= 11 is 6.46. The minimum absolute atomic E-state index is 0. The lowest BCUT2D eigenvalue weighted by molar-refractivity contribution is -0.142. The van der Waals surface area contributed by atoms with Crippen LogP contribution in [0.2, 0.25) is 5.02 Å². The molecule has 26 heteroatoms. The number of rotatable bonds is 11. The summed E-state index contributed by atoms with van der Waals surface area (Å²) in [5.41, 5.74) is -5.17. The van der Waals surface area contributed by atoms with E-state index in [1.54, 1.807) is 0 Å². The van der Waals surface area contributed by atoms with Gasteiger partial charge in [-0.05, 0) is 74.4 Å². The van der Waals surface area contributed by atoms with E-state index in [1.165, 1.54) is 32.0 Å². The maximum absolute atomic E-state index is 15.5. The highest BCUT2D eigenvalue weighted by atomic mass is 35.5. The average Bonchev–Trinajstić information content (AvgIpc) is 3.66. The van der Waals surface area contributed by atoms with Crippen molar-refractivity contribution >= 4 is 66.5 Å². The molecule has 0 radical (unpaired) electrons. The molecule has 2 N–H and O–H groups in total. The molecule has 0 spiro atoms. The minimum Gasteiger partial charge on any atom is -0.346 e. The zero-order valence-electron chi connectivity index (χ0n) is 33.8. The molecule has 0 bridgehead atoms. The van der Waals surface area contributed by atoms with Gasteiger partial charge in [0.15, 0.2) is 21.3 Å². The van der Waals surface area contributed by atoms with Crippen LogP contribution in [-0.2, 0) is 56.3 Å². The van der Waals surface area contributed by atoms with Crippen molar-refractivity contribution in [2.24, 2.45) is 5.92 Å². The summed E-state index contributed by atoms with van der Waals surface area (Å²) in [6, 6.07) is 5.24. The van der Waals surface area contributed by atoms with Crippen LogP contribution < -0.4 is 10.0 Å². The lowest BCUT2D eigenvalue weighted by atomic mass is 9.93. The quantitative estimate of drug-likeness (QED) is 0.0994. The zero-order valence-corrected chi connectivity index (χ0v) is 37.0. The van der Waals surface area contributed by atoms with E-state index >= 15 is 8.78 Å². The normalized spacial score (nSPS) is 17.4. The van der Waals surface area contributed by atoms with Crippen LogP contribution >= 0.6 is 24.0 Å². The Bertz CT molecular complexity index is 3030. The van der Waals surface area contributed by atoms with Crippen LogP contribution in [0.25, 0.3) is 22.0 Å². The lowest BCUT2D eigenvalue weighted by Gasteiger charge is -2.23. The molecule has 2 aromatic carbocycles. The smallest absolute Gasteiger partial charge is 0.346 e. The Labute approximate surface area is 374 Å². The number of amides is 1. The Kier molecular flexibility index (Phi) is 12.6.